The molecule has 0 radical (unpaired) electrons. The lowest BCUT2D eigenvalue weighted by atomic mass is 10.1. The number of aryl methyl sites for hydroxylation is 1. The largest absolute Gasteiger partial charge is 0.507 e. The van der Waals surface area contributed by atoms with Crippen LogP contribution in [-0.4, -0.2) is 22.1 Å². The van der Waals surface area contributed by atoms with E-state index in [4.69, 9.17) is 5.11 Å². The third kappa shape index (κ3) is 3.17. The summed E-state index contributed by atoms with van der Waals surface area (Å²) in [6.45, 7) is 1.61. The molecule has 0 saturated carbocycles. The minimum absolute atomic E-state index is 0.0728. The zero-order valence-corrected chi connectivity index (χ0v) is 11.1. The van der Waals surface area contributed by atoms with Crippen LogP contribution >= 0.6 is 0 Å². The van der Waals surface area contributed by atoms with Crippen molar-refractivity contribution < 1.29 is 24.2 Å². The molecule has 0 aliphatic rings. The number of anilines is 1. The van der Waals surface area contributed by atoms with Crippen molar-refractivity contribution in [1.29, 1.82) is 0 Å². The topological polar surface area (TPSA) is 86.6 Å². The van der Waals surface area contributed by atoms with E-state index in [1.807, 2.05) is 0 Å². The van der Waals surface area contributed by atoms with E-state index in [1.165, 1.54) is 24.3 Å². The van der Waals surface area contributed by atoms with Crippen molar-refractivity contribution in [3.63, 3.8) is 0 Å². The van der Waals surface area contributed by atoms with E-state index in [0.717, 1.165) is 12.1 Å². The molecule has 0 bridgehead atoms. The van der Waals surface area contributed by atoms with Crippen LogP contribution in [0.15, 0.2) is 36.4 Å². The average Bonchev–Trinajstić information content (AvgIpc) is 2.37. The number of phenols is 1. The lowest BCUT2D eigenvalue weighted by Crippen LogP contribution is -2.12. The molecule has 2 aromatic carbocycles. The molecule has 0 aliphatic carbocycles. The molecule has 2 rings (SSSR count). The Balaban J connectivity index is 2.23. The van der Waals surface area contributed by atoms with E-state index in [1.54, 1.807) is 6.92 Å². The molecule has 6 heteroatoms. The van der Waals surface area contributed by atoms with Crippen LogP contribution in [0.25, 0.3) is 0 Å². The fourth-order valence-corrected chi connectivity index (χ4v) is 1.88. The molecule has 0 saturated heterocycles. The number of nitrogens with one attached hydrogen (secondary N) is 1. The molecule has 3 N–H and O–H groups in total. The second-order valence-electron chi connectivity index (χ2n) is 4.45. The number of amides is 1. The summed E-state index contributed by atoms with van der Waals surface area (Å²) in [5, 5.41) is 21.0. The first-order chi connectivity index (χ1) is 9.88. The Labute approximate surface area is 119 Å². The Morgan fingerprint density at radius 3 is 2.33 bits per heavy atom. The Morgan fingerprint density at radius 1 is 1.10 bits per heavy atom. The summed E-state index contributed by atoms with van der Waals surface area (Å²) in [7, 11) is 0. The molecule has 0 heterocycles. The summed E-state index contributed by atoms with van der Waals surface area (Å²) in [4.78, 5) is 22.9. The van der Waals surface area contributed by atoms with Crippen molar-refractivity contribution in [3.05, 3.63) is 58.9 Å². The van der Waals surface area contributed by atoms with Gasteiger partial charge in [0.2, 0.25) is 0 Å². The van der Waals surface area contributed by atoms with Gasteiger partial charge in [0.1, 0.15) is 11.6 Å². The van der Waals surface area contributed by atoms with Crippen LogP contribution in [0.1, 0.15) is 26.3 Å². The van der Waals surface area contributed by atoms with E-state index in [2.05, 4.69) is 5.32 Å². The standard InChI is InChI=1S/C15H12FNO4/c1-8-6-10(3-5-11(8)15(20)21)17-14(19)12-4-2-9(16)7-13(12)18/h2-7,18H,1H3,(H,17,19)(H,20,21). The van der Waals surface area contributed by atoms with Gasteiger partial charge in [0, 0.05) is 11.8 Å². The molecule has 0 aliphatic heterocycles. The van der Waals surface area contributed by atoms with Gasteiger partial charge in [-0.25, -0.2) is 9.18 Å². The lowest BCUT2D eigenvalue weighted by molar-refractivity contribution is 0.0696. The minimum atomic E-state index is -1.05. The monoisotopic (exact) mass is 289 g/mol. The fraction of sp³-hybridized carbons (Fsp3) is 0.0667. The van der Waals surface area contributed by atoms with Crippen LogP contribution in [0.4, 0.5) is 10.1 Å². The Morgan fingerprint density at radius 2 is 1.76 bits per heavy atom. The first kappa shape index (κ1) is 14.5. The van der Waals surface area contributed by atoms with Crippen LogP contribution in [0, 0.1) is 12.7 Å². The smallest absolute Gasteiger partial charge is 0.335 e. The summed E-state index contributed by atoms with van der Waals surface area (Å²) in [6, 6.07) is 7.38. The number of aromatic carboxylic acids is 1. The first-order valence-electron chi connectivity index (χ1n) is 6.02. The Bertz CT molecular complexity index is 728. The average molecular weight is 289 g/mol. The zero-order chi connectivity index (χ0) is 15.6. The van der Waals surface area contributed by atoms with Gasteiger partial charge < -0.3 is 15.5 Å². The number of phenolic OH excluding ortho intramolecular Hbond substituents is 1. The summed E-state index contributed by atoms with van der Waals surface area (Å²) in [6.07, 6.45) is 0. The van der Waals surface area contributed by atoms with E-state index >= 15 is 0 Å². The molecular formula is C15H12FNO4. The van der Waals surface area contributed by atoms with Crippen LogP contribution in [0.5, 0.6) is 5.75 Å². The number of rotatable bonds is 3. The molecule has 0 fully saturated rings. The zero-order valence-electron chi connectivity index (χ0n) is 11.1. The van der Waals surface area contributed by atoms with Crippen molar-refractivity contribution in [3.8, 4) is 5.75 Å². The number of carbonyl (C=O) groups is 2. The molecule has 1 amide bonds. The molecule has 21 heavy (non-hydrogen) atoms. The van der Waals surface area contributed by atoms with Gasteiger partial charge in [0.05, 0.1) is 11.1 Å². The van der Waals surface area contributed by atoms with Gasteiger partial charge in [-0.3, -0.25) is 4.79 Å². The number of carboxylic acids is 1. The van der Waals surface area contributed by atoms with E-state index < -0.39 is 23.4 Å². The maximum atomic E-state index is 12.9. The molecule has 2 aromatic rings. The number of carbonyl (C=O) groups excluding carboxylic acids is 1. The quantitative estimate of drug-likeness (QED) is 0.811. The van der Waals surface area contributed by atoms with Crippen molar-refractivity contribution in [2.75, 3.05) is 5.32 Å². The number of halogens is 1. The molecule has 0 unspecified atom stereocenters. The van der Waals surface area contributed by atoms with Gasteiger partial charge in [-0.1, -0.05) is 0 Å². The van der Waals surface area contributed by atoms with Gasteiger partial charge in [-0.15, -0.1) is 0 Å². The number of hydrogen-bond acceptors (Lipinski definition) is 3. The molecule has 5 nitrogen and oxygen atoms in total. The Hall–Kier alpha value is -2.89. The highest BCUT2D eigenvalue weighted by molar-refractivity contribution is 6.06. The number of benzene rings is 2. The Kier molecular flexibility index (Phi) is 3.89. The second kappa shape index (κ2) is 5.62. The van der Waals surface area contributed by atoms with Crippen LogP contribution in [0.3, 0.4) is 0 Å². The maximum Gasteiger partial charge on any atom is 0.335 e. The third-order valence-corrected chi connectivity index (χ3v) is 2.92. The number of hydrogen-bond donors (Lipinski definition) is 3. The molecule has 0 atom stereocenters. The number of aromatic hydroxyl groups is 1. The highest BCUT2D eigenvalue weighted by Crippen LogP contribution is 2.21. The van der Waals surface area contributed by atoms with Crippen LogP contribution in [0.2, 0.25) is 0 Å². The van der Waals surface area contributed by atoms with Crippen molar-refractivity contribution in [2.45, 2.75) is 6.92 Å². The third-order valence-electron chi connectivity index (χ3n) is 2.92. The predicted octanol–water partition coefficient (Wildman–Crippen LogP) is 2.79. The fourth-order valence-electron chi connectivity index (χ4n) is 1.88. The highest BCUT2D eigenvalue weighted by atomic mass is 19.1. The van der Waals surface area contributed by atoms with E-state index in [9.17, 15) is 19.1 Å². The summed E-state index contributed by atoms with van der Waals surface area (Å²) in [5.41, 5.74) is 0.934. The van der Waals surface area contributed by atoms with Gasteiger partial charge in [-0.2, -0.15) is 0 Å². The highest BCUT2D eigenvalue weighted by Gasteiger charge is 2.13. The van der Waals surface area contributed by atoms with Crippen molar-refractivity contribution in [2.24, 2.45) is 0 Å². The van der Waals surface area contributed by atoms with Gasteiger partial charge >= 0.3 is 5.97 Å². The predicted molar refractivity (Wildman–Crippen MR) is 74.2 cm³/mol. The molecule has 0 aromatic heterocycles. The summed E-state index contributed by atoms with van der Waals surface area (Å²) < 4.78 is 12.9. The van der Waals surface area contributed by atoms with Crippen LogP contribution < -0.4 is 5.32 Å². The molecule has 0 spiro atoms. The van der Waals surface area contributed by atoms with Crippen LogP contribution in [-0.2, 0) is 0 Å². The normalized spacial score (nSPS) is 10.2. The SMILES string of the molecule is Cc1cc(NC(=O)c2ccc(F)cc2O)ccc1C(=O)O. The molecular weight excluding hydrogens is 277 g/mol. The van der Waals surface area contributed by atoms with Crippen molar-refractivity contribution in [1.82, 2.24) is 0 Å². The lowest BCUT2D eigenvalue weighted by Gasteiger charge is -2.09. The second-order valence-corrected chi connectivity index (χ2v) is 4.45. The summed E-state index contributed by atoms with van der Waals surface area (Å²) >= 11 is 0. The first-order valence-corrected chi connectivity index (χ1v) is 6.02. The number of carboxylic acid groups (broad SMARTS) is 1. The van der Waals surface area contributed by atoms with Gasteiger partial charge in [-0.05, 0) is 42.8 Å². The maximum absolute atomic E-state index is 12.9. The van der Waals surface area contributed by atoms with Gasteiger partial charge in [0.25, 0.3) is 5.91 Å². The van der Waals surface area contributed by atoms with Crippen molar-refractivity contribution >= 4 is 17.6 Å². The van der Waals surface area contributed by atoms with Gasteiger partial charge in [0.15, 0.2) is 0 Å². The van der Waals surface area contributed by atoms with E-state index in [0.29, 0.717) is 11.3 Å². The summed E-state index contributed by atoms with van der Waals surface area (Å²) in [5.74, 6) is -2.78. The molecule has 108 valence electrons. The minimum Gasteiger partial charge on any atom is -0.507 e. The van der Waals surface area contributed by atoms with E-state index in [-0.39, 0.29) is 11.1 Å².